The highest BCUT2D eigenvalue weighted by Crippen LogP contribution is 2.22. The molecule has 0 radical (unpaired) electrons. The number of hydrogen-bond donors (Lipinski definition) is 1. The molecule has 66 valence electrons. The second-order valence-electron chi connectivity index (χ2n) is 2.64. The van der Waals surface area contributed by atoms with E-state index in [9.17, 15) is 0 Å². The number of aliphatic hydroxyl groups excluding tert-OH is 1. The SMILES string of the molecule is OCc1nnc(Cl)c2ccccc12. The molecule has 0 saturated carbocycles. The summed E-state index contributed by atoms with van der Waals surface area (Å²) in [6, 6.07) is 7.46. The van der Waals surface area contributed by atoms with Gasteiger partial charge in [-0.05, 0) is 0 Å². The number of benzene rings is 1. The summed E-state index contributed by atoms with van der Waals surface area (Å²) in [6.07, 6.45) is 0. The Balaban J connectivity index is 2.84. The fourth-order valence-corrected chi connectivity index (χ4v) is 1.45. The third-order valence-electron chi connectivity index (χ3n) is 1.87. The van der Waals surface area contributed by atoms with E-state index in [0.717, 1.165) is 10.8 Å². The molecule has 0 unspecified atom stereocenters. The molecule has 2 aromatic rings. The number of rotatable bonds is 1. The second-order valence-corrected chi connectivity index (χ2v) is 3.00. The first kappa shape index (κ1) is 8.41. The van der Waals surface area contributed by atoms with Gasteiger partial charge >= 0.3 is 0 Å². The second kappa shape index (κ2) is 3.28. The third kappa shape index (κ3) is 1.36. The van der Waals surface area contributed by atoms with Crippen LogP contribution in [0.25, 0.3) is 10.8 Å². The van der Waals surface area contributed by atoms with E-state index in [-0.39, 0.29) is 6.61 Å². The molecule has 0 aliphatic heterocycles. The molecule has 0 bridgehead atoms. The molecule has 0 aliphatic rings. The first-order valence-electron chi connectivity index (χ1n) is 3.83. The minimum absolute atomic E-state index is 0.120. The van der Waals surface area contributed by atoms with Crippen LogP contribution in [0.1, 0.15) is 5.69 Å². The summed E-state index contributed by atoms with van der Waals surface area (Å²) in [5.41, 5.74) is 0.556. The highest BCUT2D eigenvalue weighted by molar-refractivity contribution is 6.34. The molecular formula is C9H7ClN2O. The molecule has 0 atom stereocenters. The van der Waals surface area contributed by atoms with Crippen LogP contribution < -0.4 is 0 Å². The summed E-state index contributed by atoms with van der Waals surface area (Å²) < 4.78 is 0. The van der Waals surface area contributed by atoms with E-state index < -0.39 is 0 Å². The summed E-state index contributed by atoms with van der Waals surface area (Å²) in [5, 5.41) is 18.6. The van der Waals surface area contributed by atoms with Crippen molar-refractivity contribution in [3.05, 3.63) is 35.1 Å². The zero-order chi connectivity index (χ0) is 9.26. The molecule has 0 aliphatic carbocycles. The number of nitrogens with zero attached hydrogens (tertiary/aromatic N) is 2. The highest BCUT2D eigenvalue weighted by Gasteiger charge is 2.05. The first-order chi connectivity index (χ1) is 6.33. The summed E-state index contributed by atoms with van der Waals surface area (Å²) in [5.74, 6) is 0. The summed E-state index contributed by atoms with van der Waals surface area (Å²) >= 11 is 5.83. The fourth-order valence-electron chi connectivity index (χ4n) is 1.24. The summed E-state index contributed by atoms with van der Waals surface area (Å²) in [7, 11) is 0. The first-order valence-corrected chi connectivity index (χ1v) is 4.21. The van der Waals surface area contributed by atoms with Crippen molar-refractivity contribution in [2.75, 3.05) is 0 Å². The van der Waals surface area contributed by atoms with Crippen molar-refractivity contribution in [3.8, 4) is 0 Å². The molecule has 0 amide bonds. The van der Waals surface area contributed by atoms with E-state index in [1.807, 2.05) is 24.3 Å². The number of fused-ring (bicyclic) bond motifs is 1. The Morgan fingerprint density at radius 3 is 2.54 bits per heavy atom. The fraction of sp³-hybridized carbons (Fsp3) is 0.111. The Morgan fingerprint density at radius 1 is 1.15 bits per heavy atom. The van der Waals surface area contributed by atoms with Gasteiger partial charge in [-0.2, -0.15) is 5.10 Å². The summed E-state index contributed by atoms with van der Waals surface area (Å²) in [6.45, 7) is -0.120. The van der Waals surface area contributed by atoms with Gasteiger partial charge in [0.2, 0.25) is 0 Å². The Hall–Kier alpha value is -1.19. The van der Waals surface area contributed by atoms with Crippen molar-refractivity contribution < 1.29 is 5.11 Å². The van der Waals surface area contributed by atoms with Crippen LogP contribution in [0.4, 0.5) is 0 Å². The van der Waals surface area contributed by atoms with Crippen molar-refractivity contribution in [2.24, 2.45) is 0 Å². The van der Waals surface area contributed by atoms with Gasteiger partial charge in [0.05, 0.1) is 12.3 Å². The maximum atomic E-state index is 8.98. The van der Waals surface area contributed by atoms with Crippen LogP contribution in [0.2, 0.25) is 5.15 Å². The highest BCUT2D eigenvalue weighted by atomic mass is 35.5. The molecule has 1 aromatic carbocycles. The molecule has 1 N–H and O–H groups in total. The molecule has 2 rings (SSSR count). The molecule has 0 fully saturated rings. The number of aliphatic hydroxyl groups is 1. The van der Waals surface area contributed by atoms with E-state index in [4.69, 9.17) is 16.7 Å². The third-order valence-corrected chi connectivity index (χ3v) is 2.15. The zero-order valence-corrected chi connectivity index (χ0v) is 7.49. The van der Waals surface area contributed by atoms with Crippen molar-refractivity contribution in [1.82, 2.24) is 10.2 Å². The molecule has 0 saturated heterocycles. The zero-order valence-electron chi connectivity index (χ0n) is 6.74. The Labute approximate surface area is 80.0 Å². The topological polar surface area (TPSA) is 46.0 Å². The van der Waals surface area contributed by atoms with Crippen molar-refractivity contribution in [2.45, 2.75) is 6.61 Å². The average molecular weight is 195 g/mol. The Kier molecular flexibility index (Phi) is 2.12. The monoisotopic (exact) mass is 194 g/mol. The van der Waals surface area contributed by atoms with Gasteiger partial charge in [-0.15, -0.1) is 5.10 Å². The van der Waals surface area contributed by atoms with Gasteiger partial charge in [0, 0.05) is 10.8 Å². The van der Waals surface area contributed by atoms with E-state index in [1.54, 1.807) is 0 Å². The normalized spacial score (nSPS) is 10.6. The molecule has 4 heteroatoms. The smallest absolute Gasteiger partial charge is 0.159 e. The lowest BCUT2D eigenvalue weighted by molar-refractivity contribution is 0.277. The number of halogens is 1. The van der Waals surface area contributed by atoms with Gasteiger partial charge < -0.3 is 5.11 Å². The lowest BCUT2D eigenvalue weighted by atomic mass is 10.1. The van der Waals surface area contributed by atoms with E-state index in [2.05, 4.69) is 10.2 Å². The van der Waals surface area contributed by atoms with Crippen molar-refractivity contribution in [1.29, 1.82) is 0 Å². The Bertz CT molecular complexity index is 445. The summed E-state index contributed by atoms with van der Waals surface area (Å²) in [4.78, 5) is 0. The van der Waals surface area contributed by atoms with Gasteiger partial charge in [0.25, 0.3) is 0 Å². The quantitative estimate of drug-likeness (QED) is 0.753. The van der Waals surface area contributed by atoms with Crippen molar-refractivity contribution >= 4 is 22.4 Å². The van der Waals surface area contributed by atoms with E-state index in [1.165, 1.54) is 0 Å². The number of hydrogen-bond acceptors (Lipinski definition) is 3. The largest absolute Gasteiger partial charge is 0.390 e. The molecule has 1 heterocycles. The lowest BCUT2D eigenvalue weighted by Gasteiger charge is -2.02. The average Bonchev–Trinajstić information content (AvgIpc) is 2.19. The van der Waals surface area contributed by atoms with Gasteiger partial charge in [0.15, 0.2) is 5.15 Å². The van der Waals surface area contributed by atoms with Crippen LogP contribution in [-0.4, -0.2) is 15.3 Å². The van der Waals surface area contributed by atoms with Crippen LogP contribution >= 0.6 is 11.6 Å². The molecule has 3 nitrogen and oxygen atoms in total. The van der Waals surface area contributed by atoms with Gasteiger partial charge in [-0.25, -0.2) is 0 Å². The van der Waals surface area contributed by atoms with Gasteiger partial charge in [-0.3, -0.25) is 0 Å². The predicted octanol–water partition coefficient (Wildman–Crippen LogP) is 1.78. The van der Waals surface area contributed by atoms with Crippen LogP contribution in [-0.2, 0) is 6.61 Å². The predicted molar refractivity (Wildman–Crippen MR) is 50.5 cm³/mol. The van der Waals surface area contributed by atoms with E-state index in [0.29, 0.717) is 10.8 Å². The van der Waals surface area contributed by atoms with E-state index >= 15 is 0 Å². The molecule has 0 spiro atoms. The van der Waals surface area contributed by atoms with Crippen molar-refractivity contribution in [3.63, 3.8) is 0 Å². The minimum atomic E-state index is -0.120. The standard InChI is InChI=1S/C9H7ClN2O/c10-9-7-4-2-1-3-6(7)8(5-13)11-12-9/h1-4,13H,5H2. The van der Waals surface area contributed by atoms with Crippen LogP contribution in [0.15, 0.2) is 24.3 Å². The number of aromatic nitrogens is 2. The molecular weight excluding hydrogens is 188 g/mol. The Morgan fingerprint density at radius 2 is 1.85 bits per heavy atom. The molecule has 13 heavy (non-hydrogen) atoms. The lowest BCUT2D eigenvalue weighted by Crippen LogP contribution is -1.94. The maximum absolute atomic E-state index is 8.98. The van der Waals surface area contributed by atoms with Gasteiger partial charge in [0.1, 0.15) is 0 Å². The van der Waals surface area contributed by atoms with Crippen LogP contribution in [0.5, 0.6) is 0 Å². The minimum Gasteiger partial charge on any atom is -0.390 e. The maximum Gasteiger partial charge on any atom is 0.159 e. The molecule has 1 aromatic heterocycles. The van der Waals surface area contributed by atoms with Crippen LogP contribution in [0, 0.1) is 0 Å². The van der Waals surface area contributed by atoms with Gasteiger partial charge in [-0.1, -0.05) is 35.9 Å². The van der Waals surface area contributed by atoms with Crippen LogP contribution in [0.3, 0.4) is 0 Å².